The summed E-state index contributed by atoms with van der Waals surface area (Å²) in [5.41, 5.74) is 2.67. The standard InChI is InChI=1S/C21H20FNO4/c22-15-10-8-13(9-11-15)17(24)6-3-7-19(25)23-20-16-5-2-1-4-14(16)12-18(20)27-21(23)26/h1-2,4-5,8-11,17-18,20,24H,3,6-7,12H2/t17-,18-,20-/m0/s1. The summed E-state index contributed by atoms with van der Waals surface area (Å²) in [7, 11) is 0. The summed E-state index contributed by atoms with van der Waals surface area (Å²) in [6, 6.07) is 13.0. The molecule has 4 rings (SSSR count). The van der Waals surface area contributed by atoms with Gasteiger partial charge in [0.15, 0.2) is 0 Å². The fourth-order valence-electron chi connectivity index (χ4n) is 3.92. The van der Waals surface area contributed by atoms with E-state index in [1.165, 1.54) is 29.2 Å². The number of benzene rings is 2. The molecule has 2 aromatic carbocycles. The molecule has 6 heteroatoms. The minimum atomic E-state index is -0.774. The van der Waals surface area contributed by atoms with Gasteiger partial charge in [-0.15, -0.1) is 0 Å². The highest BCUT2D eigenvalue weighted by molar-refractivity contribution is 5.94. The fraction of sp³-hybridized carbons (Fsp3) is 0.333. The first-order valence-corrected chi connectivity index (χ1v) is 9.08. The lowest BCUT2D eigenvalue weighted by Crippen LogP contribution is -2.34. The molecule has 1 aliphatic heterocycles. The normalized spacial score (nSPS) is 21.6. The van der Waals surface area contributed by atoms with Gasteiger partial charge in [-0.05, 0) is 41.7 Å². The first-order chi connectivity index (χ1) is 13.0. The SMILES string of the molecule is O=C(CCC[C@H](O)c1ccc(F)cc1)N1C(=O)O[C@H]2Cc3ccccc3[C@@H]21. The number of ether oxygens (including phenoxy) is 1. The van der Waals surface area contributed by atoms with Crippen LogP contribution in [0.4, 0.5) is 9.18 Å². The number of hydrogen-bond donors (Lipinski definition) is 1. The zero-order valence-corrected chi connectivity index (χ0v) is 14.7. The van der Waals surface area contributed by atoms with Crippen LogP contribution >= 0.6 is 0 Å². The lowest BCUT2D eigenvalue weighted by molar-refractivity contribution is -0.129. The van der Waals surface area contributed by atoms with E-state index in [0.717, 1.165) is 11.1 Å². The second kappa shape index (κ2) is 7.12. The van der Waals surface area contributed by atoms with Gasteiger partial charge in [-0.3, -0.25) is 4.79 Å². The number of amides is 2. The Bertz CT molecular complexity index is 867. The second-order valence-corrected chi connectivity index (χ2v) is 6.99. The molecule has 1 aliphatic carbocycles. The third-order valence-corrected chi connectivity index (χ3v) is 5.27. The van der Waals surface area contributed by atoms with Crippen molar-refractivity contribution in [3.05, 3.63) is 71.0 Å². The Morgan fingerprint density at radius 3 is 2.74 bits per heavy atom. The van der Waals surface area contributed by atoms with Crippen molar-refractivity contribution in [3.8, 4) is 0 Å². The van der Waals surface area contributed by atoms with E-state index in [4.69, 9.17) is 4.74 Å². The van der Waals surface area contributed by atoms with E-state index in [1.807, 2.05) is 24.3 Å². The van der Waals surface area contributed by atoms with Gasteiger partial charge in [-0.25, -0.2) is 14.1 Å². The van der Waals surface area contributed by atoms with Crippen LogP contribution in [0.15, 0.2) is 48.5 Å². The van der Waals surface area contributed by atoms with Crippen LogP contribution < -0.4 is 0 Å². The molecular weight excluding hydrogens is 349 g/mol. The zero-order valence-electron chi connectivity index (χ0n) is 14.7. The smallest absolute Gasteiger partial charge is 0.417 e. The van der Waals surface area contributed by atoms with Crippen molar-refractivity contribution in [2.75, 3.05) is 0 Å². The molecular formula is C21H20FNO4. The van der Waals surface area contributed by atoms with E-state index >= 15 is 0 Å². The number of carbonyl (C=O) groups is 2. The van der Waals surface area contributed by atoms with Crippen molar-refractivity contribution in [3.63, 3.8) is 0 Å². The van der Waals surface area contributed by atoms with Gasteiger partial charge >= 0.3 is 6.09 Å². The summed E-state index contributed by atoms with van der Waals surface area (Å²) < 4.78 is 18.3. The molecule has 1 fully saturated rings. The van der Waals surface area contributed by atoms with Crippen LogP contribution in [0.25, 0.3) is 0 Å². The van der Waals surface area contributed by atoms with Crippen LogP contribution in [0.5, 0.6) is 0 Å². The minimum Gasteiger partial charge on any atom is -0.443 e. The Morgan fingerprint density at radius 1 is 1.22 bits per heavy atom. The molecule has 2 amide bonds. The molecule has 2 aliphatic rings. The van der Waals surface area contributed by atoms with E-state index in [9.17, 15) is 19.1 Å². The highest BCUT2D eigenvalue weighted by atomic mass is 19.1. The van der Waals surface area contributed by atoms with E-state index < -0.39 is 12.2 Å². The number of halogens is 1. The largest absolute Gasteiger partial charge is 0.443 e. The maximum Gasteiger partial charge on any atom is 0.417 e. The topological polar surface area (TPSA) is 66.8 Å². The molecule has 0 unspecified atom stereocenters. The molecule has 1 N–H and O–H groups in total. The van der Waals surface area contributed by atoms with Crippen molar-refractivity contribution in [1.82, 2.24) is 4.90 Å². The number of hydrogen-bond acceptors (Lipinski definition) is 4. The number of rotatable bonds is 5. The molecule has 0 aromatic heterocycles. The van der Waals surface area contributed by atoms with Crippen molar-refractivity contribution < 1.29 is 23.8 Å². The van der Waals surface area contributed by atoms with Crippen molar-refractivity contribution in [2.45, 2.75) is 43.9 Å². The average Bonchev–Trinajstić information content (AvgIpc) is 3.16. The monoisotopic (exact) mass is 369 g/mol. The van der Waals surface area contributed by atoms with Crippen LogP contribution in [0.2, 0.25) is 0 Å². The molecule has 27 heavy (non-hydrogen) atoms. The summed E-state index contributed by atoms with van der Waals surface area (Å²) in [5.74, 6) is -0.657. The number of imide groups is 1. The van der Waals surface area contributed by atoms with E-state index in [0.29, 0.717) is 24.8 Å². The Hall–Kier alpha value is -2.73. The summed E-state index contributed by atoms with van der Waals surface area (Å²) in [6.07, 6.45) is -0.153. The first kappa shape index (κ1) is 17.7. The van der Waals surface area contributed by atoms with Crippen LogP contribution in [-0.2, 0) is 16.0 Å². The molecule has 1 heterocycles. The Labute approximate surface area is 156 Å². The molecule has 0 bridgehead atoms. The van der Waals surface area contributed by atoms with Crippen molar-refractivity contribution in [1.29, 1.82) is 0 Å². The lowest BCUT2D eigenvalue weighted by Gasteiger charge is -2.20. The molecule has 1 saturated heterocycles. The fourth-order valence-corrected chi connectivity index (χ4v) is 3.92. The minimum absolute atomic E-state index is 0.138. The van der Waals surface area contributed by atoms with Gasteiger partial charge in [0.2, 0.25) is 5.91 Å². The quantitative estimate of drug-likeness (QED) is 0.873. The van der Waals surface area contributed by atoms with Crippen LogP contribution in [0.1, 0.15) is 48.1 Å². The Balaban J connectivity index is 1.38. The van der Waals surface area contributed by atoms with Gasteiger partial charge in [0.05, 0.1) is 6.10 Å². The zero-order chi connectivity index (χ0) is 19.0. The maximum atomic E-state index is 13.0. The first-order valence-electron chi connectivity index (χ1n) is 9.08. The number of aliphatic hydroxyl groups excluding tert-OH is 1. The number of carbonyl (C=O) groups excluding carboxylic acids is 2. The molecule has 2 aromatic rings. The highest BCUT2D eigenvalue weighted by Crippen LogP contribution is 2.42. The van der Waals surface area contributed by atoms with Crippen molar-refractivity contribution >= 4 is 12.0 Å². The Kier molecular flexibility index (Phi) is 4.66. The molecule has 140 valence electrons. The lowest BCUT2D eigenvalue weighted by atomic mass is 10.0. The van der Waals surface area contributed by atoms with E-state index in [2.05, 4.69) is 0 Å². The van der Waals surface area contributed by atoms with Gasteiger partial charge in [0.1, 0.15) is 18.0 Å². The maximum absolute atomic E-state index is 13.0. The van der Waals surface area contributed by atoms with E-state index in [1.54, 1.807) is 0 Å². The summed E-state index contributed by atoms with van der Waals surface area (Å²) in [5, 5.41) is 10.2. The average molecular weight is 369 g/mol. The third-order valence-electron chi connectivity index (χ3n) is 5.27. The predicted molar refractivity (Wildman–Crippen MR) is 95.2 cm³/mol. The molecule has 0 saturated carbocycles. The van der Waals surface area contributed by atoms with Gasteiger partial charge < -0.3 is 9.84 Å². The van der Waals surface area contributed by atoms with E-state index in [-0.39, 0.29) is 30.3 Å². The number of fused-ring (bicyclic) bond motifs is 3. The third kappa shape index (κ3) is 3.32. The number of nitrogens with zero attached hydrogens (tertiary/aromatic N) is 1. The van der Waals surface area contributed by atoms with Crippen LogP contribution in [0, 0.1) is 5.82 Å². The highest BCUT2D eigenvalue weighted by Gasteiger charge is 2.49. The molecule has 0 radical (unpaired) electrons. The van der Waals surface area contributed by atoms with Crippen molar-refractivity contribution in [2.24, 2.45) is 0 Å². The second-order valence-electron chi connectivity index (χ2n) is 6.99. The summed E-state index contributed by atoms with van der Waals surface area (Å²) in [4.78, 5) is 26.1. The predicted octanol–water partition coefficient (Wildman–Crippen LogP) is 3.67. The molecule has 3 atom stereocenters. The van der Waals surface area contributed by atoms with Gasteiger partial charge in [0, 0.05) is 12.8 Å². The van der Waals surface area contributed by atoms with Gasteiger partial charge in [-0.1, -0.05) is 36.4 Å². The Morgan fingerprint density at radius 2 is 1.96 bits per heavy atom. The van der Waals surface area contributed by atoms with Gasteiger partial charge in [0.25, 0.3) is 0 Å². The van der Waals surface area contributed by atoms with Gasteiger partial charge in [-0.2, -0.15) is 0 Å². The summed E-state index contributed by atoms with van der Waals surface area (Å²) >= 11 is 0. The summed E-state index contributed by atoms with van der Waals surface area (Å²) in [6.45, 7) is 0. The van der Waals surface area contributed by atoms with Crippen LogP contribution in [-0.4, -0.2) is 28.1 Å². The number of aliphatic hydroxyl groups is 1. The molecule has 5 nitrogen and oxygen atoms in total. The van der Waals surface area contributed by atoms with Crippen LogP contribution in [0.3, 0.4) is 0 Å². The molecule has 0 spiro atoms.